The van der Waals surface area contributed by atoms with E-state index in [-0.39, 0.29) is 13.2 Å². The normalized spacial score (nSPS) is 11.3. The molecule has 0 unspecified atom stereocenters. The second-order valence-electron chi connectivity index (χ2n) is 9.44. The average molecular weight is 551 g/mol. The molecule has 0 bridgehead atoms. The van der Waals surface area contributed by atoms with Crippen molar-refractivity contribution >= 4 is 0 Å². The first-order chi connectivity index (χ1) is 20.0. The van der Waals surface area contributed by atoms with Gasteiger partial charge in [-0.1, -0.05) is 60.7 Å². The maximum atomic E-state index is 12.5. The Bertz CT molecular complexity index is 1680. The number of rotatable bonds is 10. The van der Waals surface area contributed by atoms with Crippen molar-refractivity contribution in [2.45, 2.75) is 18.8 Å². The topological polar surface area (TPSA) is 103 Å². The summed E-state index contributed by atoms with van der Waals surface area (Å²) in [6.45, 7) is -0.106. The summed E-state index contributed by atoms with van der Waals surface area (Å²) in [5.74, 6) is 1.44. The molecule has 0 saturated carbocycles. The zero-order chi connectivity index (χ0) is 28.8. The van der Waals surface area contributed by atoms with Gasteiger partial charge >= 0.3 is 5.69 Å². The van der Waals surface area contributed by atoms with E-state index in [1.807, 2.05) is 84.9 Å². The van der Waals surface area contributed by atoms with Crippen molar-refractivity contribution in [1.82, 2.24) is 9.55 Å². The van der Waals surface area contributed by atoms with Crippen LogP contribution in [0.2, 0.25) is 0 Å². The van der Waals surface area contributed by atoms with E-state index in [0.717, 1.165) is 33.8 Å². The number of H-pyrrole nitrogens is 1. The molecule has 41 heavy (non-hydrogen) atoms. The molecule has 1 heterocycles. The van der Waals surface area contributed by atoms with Crippen LogP contribution in [0.15, 0.2) is 119 Å². The molecular formula is C33H30N2O6. The fourth-order valence-corrected chi connectivity index (χ4v) is 4.94. The predicted octanol–water partition coefficient (Wildman–Crippen LogP) is 4.54. The van der Waals surface area contributed by atoms with Crippen LogP contribution in [0.25, 0.3) is 5.69 Å². The Morgan fingerprint density at radius 3 is 1.83 bits per heavy atom. The molecule has 0 spiro atoms. The van der Waals surface area contributed by atoms with Crippen molar-refractivity contribution in [2.75, 3.05) is 14.2 Å². The molecule has 0 fully saturated rings. The summed E-state index contributed by atoms with van der Waals surface area (Å²) in [7, 11) is 3.25. The highest BCUT2D eigenvalue weighted by atomic mass is 16.5. The van der Waals surface area contributed by atoms with E-state index in [9.17, 15) is 14.7 Å². The minimum absolute atomic E-state index is 0.131. The van der Waals surface area contributed by atoms with E-state index >= 15 is 0 Å². The Morgan fingerprint density at radius 1 is 0.732 bits per heavy atom. The highest BCUT2D eigenvalue weighted by Gasteiger charge is 2.38. The van der Waals surface area contributed by atoms with Crippen molar-refractivity contribution in [1.29, 1.82) is 0 Å². The van der Waals surface area contributed by atoms with Crippen LogP contribution in [0.5, 0.6) is 11.5 Å². The molecule has 0 saturated heterocycles. The molecule has 5 aromatic rings. The monoisotopic (exact) mass is 550 g/mol. The van der Waals surface area contributed by atoms with Crippen molar-refractivity contribution in [3.05, 3.63) is 158 Å². The number of aliphatic hydroxyl groups is 1. The maximum absolute atomic E-state index is 12.5. The quantitative estimate of drug-likeness (QED) is 0.248. The molecule has 2 N–H and O–H groups in total. The molecule has 8 nitrogen and oxygen atoms in total. The van der Waals surface area contributed by atoms with Crippen LogP contribution in [0.3, 0.4) is 0 Å². The zero-order valence-electron chi connectivity index (χ0n) is 22.7. The first-order valence-electron chi connectivity index (χ1n) is 13.0. The molecule has 4 aromatic carbocycles. The number of hydrogen-bond acceptors (Lipinski definition) is 6. The molecule has 208 valence electrons. The Balaban J connectivity index is 1.65. The van der Waals surface area contributed by atoms with E-state index in [1.165, 1.54) is 16.8 Å². The average Bonchev–Trinajstić information content (AvgIpc) is 3.02. The maximum Gasteiger partial charge on any atom is 0.332 e. The van der Waals surface area contributed by atoms with Crippen LogP contribution in [0.4, 0.5) is 0 Å². The van der Waals surface area contributed by atoms with E-state index in [1.54, 1.807) is 26.4 Å². The van der Waals surface area contributed by atoms with Gasteiger partial charge in [0.15, 0.2) is 0 Å². The molecule has 1 aromatic heterocycles. The summed E-state index contributed by atoms with van der Waals surface area (Å²) in [5, 5.41) is 10.00. The number of ether oxygens (including phenoxy) is 3. The van der Waals surface area contributed by atoms with Crippen LogP contribution in [0.1, 0.15) is 27.8 Å². The largest absolute Gasteiger partial charge is 0.497 e. The van der Waals surface area contributed by atoms with Gasteiger partial charge in [0.1, 0.15) is 17.1 Å². The lowest BCUT2D eigenvalue weighted by Gasteiger charge is -2.36. The van der Waals surface area contributed by atoms with Gasteiger partial charge in [-0.3, -0.25) is 14.3 Å². The summed E-state index contributed by atoms with van der Waals surface area (Å²) in [5.41, 5.74) is 2.39. The summed E-state index contributed by atoms with van der Waals surface area (Å²) >= 11 is 0. The van der Waals surface area contributed by atoms with Gasteiger partial charge < -0.3 is 19.3 Å². The van der Waals surface area contributed by atoms with Gasteiger partial charge in [0.05, 0.1) is 33.1 Å². The SMILES string of the molecule is COc1ccc(C(OCc2cc(CO)cc(-n3ccc(=O)[nH]c3=O)c2)(c2ccccc2)c2ccc(OC)cc2)cc1. The molecule has 0 aliphatic heterocycles. The minimum atomic E-state index is -1.04. The number of nitrogens with zero attached hydrogens (tertiary/aromatic N) is 1. The smallest absolute Gasteiger partial charge is 0.332 e. The number of aromatic amines is 1. The number of aromatic nitrogens is 2. The van der Waals surface area contributed by atoms with Crippen molar-refractivity contribution < 1.29 is 19.3 Å². The number of benzene rings is 4. The van der Waals surface area contributed by atoms with Crippen LogP contribution in [-0.2, 0) is 23.6 Å². The van der Waals surface area contributed by atoms with Gasteiger partial charge in [-0.25, -0.2) is 4.79 Å². The number of nitrogens with one attached hydrogen (secondary N) is 1. The van der Waals surface area contributed by atoms with Gasteiger partial charge in [0.2, 0.25) is 0 Å². The van der Waals surface area contributed by atoms with E-state index in [0.29, 0.717) is 11.3 Å². The van der Waals surface area contributed by atoms with Crippen molar-refractivity contribution in [3.8, 4) is 17.2 Å². The second-order valence-corrected chi connectivity index (χ2v) is 9.44. The predicted molar refractivity (Wildman–Crippen MR) is 156 cm³/mol. The van der Waals surface area contributed by atoms with Crippen LogP contribution >= 0.6 is 0 Å². The van der Waals surface area contributed by atoms with E-state index < -0.39 is 16.9 Å². The van der Waals surface area contributed by atoms with Gasteiger partial charge in [-0.05, 0) is 64.2 Å². The molecule has 0 atom stereocenters. The second kappa shape index (κ2) is 12.1. The molecule has 0 aliphatic rings. The zero-order valence-corrected chi connectivity index (χ0v) is 22.7. The standard InChI is InChI=1S/C33H30N2O6/c1-39-29-12-8-26(9-13-29)33(25-6-4-3-5-7-25,27-10-14-30(40-2)15-11-27)41-22-24-18-23(21-36)19-28(20-24)35-17-16-31(37)34-32(35)38/h3-20,36H,21-22H2,1-2H3,(H,34,37,38). The van der Waals surface area contributed by atoms with E-state index in [4.69, 9.17) is 14.2 Å². The minimum Gasteiger partial charge on any atom is -0.497 e. The van der Waals surface area contributed by atoms with Gasteiger partial charge in [-0.2, -0.15) is 0 Å². The third-order valence-corrected chi connectivity index (χ3v) is 6.95. The van der Waals surface area contributed by atoms with Crippen molar-refractivity contribution in [2.24, 2.45) is 0 Å². The first-order valence-corrected chi connectivity index (χ1v) is 13.0. The van der Waals surface area contributed by atoms with Gasteiger partial charge in [-0.15, -0.1) is 0 Å². The van der Waals surface area contributed by atoms with Crippen LogP contribution < -0.4 is 20.7 Å². The van der Waals surface area contributed by atoms with Gasteiger partial charge in [0, 0.05) is 12.3 Å². The molecule has 0 aliphatic carbocycles. The van der Waals surface area contributed by atoms with E-state index in [2.05, 4.69) is 4.98 Å². The number of hydrogen-bond donors (Lipinski definition) is 2. The van der Waals surface area contributed by atoms with Gasteiger partial charge in [0.25, 0.3) is 5.56 Å². The van der Waals surface area contributed by atoms with Crippen molar-refractivity contribution in [3.63, 3.8) is 0 Å². The van der Waals surface area contributed by atoms with Crippen LogP contribution in [-0.4, -0.2) is 28.9 Å². The Morgan fingerprint density at radius 2 is 1.29 bits per heavy atom. The molecule has 5 rings (SSSR count). The Labute approximate surface area is 237 Å². The third-order valence-electron chi connectivity index (χ3n) is 6.95. The lowest BCUT2D eigenvalue weighted by Crippen LogP contribution is -2.33. The molecule has 0 amide bonds. The Hall–Kier alpha value is -4.92. The fourth-order valence-electron chi connectivity index (χ4n) is 4.94. The summed E-state index contributed by atoms with van der Waals surface area (Å²) in [6.07, 6.45) is 1.41. The molecular weight excluding hydrogens is 520 g/mol. The summed E-state index contributed by atoms with van der Waals surface area (Å²) in [6, 6.07) is 32.0. The fraction of sp³-hybridized carbons (Fsp3) is 0.152. The summed E-state index contributed by atoms with van der Waals surface area (Å²) < 4.78 is 19.1. The number of methoxy groups -OCH3 is 2. The molecule has 0 radical (unpaired) electrons. The number of aliphatic hydroxyl groups excluding tert-OH is 1. The lowest BCUT2D eigenvalue weighted by molar-refractivity contribution is 0.000140. The lowest BCUT2D eigenvalue weighted by atomic mass is 9.80. The highest BCUT2D eigenvalue weighted by Crippen LogP contribution is 2.42. The first kappa shape index (κ1) is 27.6. The Kier molecular flexibility index (Phi) is 8.14. The third kappa shape index (κ3) is 5.70. The highest BCUT2D eigenvalue weighted by molar-refractivity contribution is 5.50. The summed E-state index contributed by atoms with van der Waals surface area (Å²) in [4.78, 5) is 26.4. The van der Waals surface area contributed by atoms with Crippen LogP contribution in [0, 0.1) is 0 Å². The molecule has 8 heteroatoms.